The number of primary amides is 1. The molecule has 126 valence electrons. The highest BCUT2D eigenvalue weighted by atomic mass is 19.4. The molecule has 6 unspecified atom stereocenters. The minimum absolute atomic E-state index is 0.109. The van der Waals surface area contributed by atoms with Crippen LogP contribution in [-0.2, 0) is 4.79 Å². The predicted octanol–water partition coefficient (Wildman–Crippen LogP) is 3.29. The molecule has 2 fully saturated rings. The van der Waals surface area contributed by atoms with E-state index in [1.54, 1.807) is 0 Å². The average molecular weight is 327 g/mol. The number of hydrogen-bond donors (Lipinski definition) is 1. The number of nitrogens with two attached hydrogens (primary N) is 1. The van der Waals surface area contributed by atoms with Crippen LogP contribution in [0.25, 0.3) is 4.85 Å². The van der Waals surface area contributed by atoms with Crippen molar-refractivity contribution in [2.75, 3.05) is 0 Å². The Morgan fingerprint density at radius 1 is 1.22 bits per heavy atom. The Balaban J connectivity index is 2.16. The van der Waals surface area contributed by atoms with Gasteiger partial charge in [0, 0.05) is 18.3 Å². The first-order valence-corrected chi connectivity index (χ1v) is 7.90. The van der Waals surface area contributed by atoms with E-state index in [2.05, 4.69) is 10.9 Å². The third-order valence-corrected chi connectivity index (χ3v) is 5.50. The minimum atomic E-state index is -4.39. The van der Waals surface area contributed by atoms with E-state index in [-0.39, 0.29) is 30.6 Å². The zero-order chi connectivity index (χ0) is 17.2. The molecular formula is C16H20F3N3O. The van der Waals surface area contributed by atoms with E-state index < -0.39 is 30.0 Å². The standard InChI is InChI=1S/C16H20F3N3O/c1-22-14-5-3-10(7-13(14)16(17,18)19)11-4-2-9(8-20)6-12(11)15(21)23/h9-14H,2-7H2,(H2,21,23). The van der Waals surface area contributed by atoms with Crippen molar-refractivity contribution < 1.29 is 18.0 Å². The zero-order valence-electron chi connectivity index (χ0n) is 12.7. The monoisotopic (exact) mass is 327 g/mol. The lowest BCUT2D eigenvalue weighted by molar-refractivity contribution is -0.189. The van der Waals surface area contributed by atoms with Gasteiger partial charge in [0.1, 0.15) is 5.92 Å². The number of rotatable bonds is 2. The molecule has 0 aromatic rings. The normalized spacial score (nSPS) is 38.3. The van der Waals surface area contributed by atoms with Crippen molar-refractivity contribution in [1.82, 2.24) is 0 Å². The van der Waals surface area contributed by atoms with Gasteiger partial charge < -0.3 is 10.6 Å². The van der Waals surface area contributed by atoms with Crippen molar-refractivity contribution in [1.29, 1.82) is 5.26 Å². The van der Waals surface area contributed by atoms with E-state index in [1.165, 1.54) is 0 Å². The highest BCUT2D eigenvalue weighted by Crippen LogP contribution is 2.48. The molecule has 2 rings (SSSR count). The van der Waals surface area contributed by atoms with Crippen LogP contribution in [0.1, 0.15) is 38.5 Å². The lowest BCUT2D eigenvalue weighted by Gasteiger charge is -2.41. The molecule has 2 N–H and O–H groups in total. The number of hydrogen-bond acceptors (Lipinski definition) is 2. The Kier molecular flexibility index (Phi) is 5.19. The summed E-state index contributed by atoms with van der Waals surface area (Å²) >= 11 is 0. The molecule has 0 aromatic heterocycles. The zero-order valence-corrected chi connectivity index (χ0v) is 12.7. The van der Waals surface area contributed by atoms with Gasteiger partial charge in [-0.3, -0.25) is 4.79 Å². The molecule has 2 saturated carbocycles. The molecule has 0 spiro atoms. The third-order valence-electron chi connectivity index (χ3n) is 5.50. The maximum absolute atomic E-state index is 13.2. The molecule has 2 aliphatic rings. The number of halogens is 3. The summed E-state index contributed by atoms with van der Waals surface area (Å²) in [6, 6.07) is 1.11. The quantitative estimate of drug-likeness (QED) is 0.791. The van der Waals surface area contributed by atoms with Gasteiger partial charge in [0.25, 0.3) is 0 Å². The molecule has 0 aliphatic heterocycles. The first-order valence-electron chi connectivity index (χ1n) is 7.90. The molecular weight excluding hydrogens is 307 g/mol. The Bertz CT molecular complexity index is 534. The minimum Gasteiger partial charge on any atom is -0.369 e. The molecule has 0 radical (unpaired) electrons. The fourth-order valence-corrected chi connectivity index (χ4v) is 4.28. The van der Waals surface area contributed by atoms with Gasteiger partial charge in [-0.1, -0.05) is 0 Å². The summed E-state index contributed by atoms with van der Waals surface area (Å²) in [5.41, 5.74) is 5.44. The van der Waals surface area contributed by atoms with Gasteiger partial charge in [-0.15, -0.1) is 0 Å². The van der Waals surface area contributed by atoms with E-state index in [1.807, 2.05) is 0 Å². The van der Waals surface area contributed by atoms with Crippen molar-refractivity contribution in [2.45, 2.75) is 50.7 Å². The van der Waals surface area contributed by atoms with Crippen molar-refractivity contribution >= 4 is 5.91 Å². The van der Waals surface area contributed by atoms with Crippen LogP contribution in [0.15, 0.2) is 0 Å². The molecule has 2 aliphatic carbocycles. The van der Waals surface area contributed by atoms with Crippen LogP contribution >= 0.6 is 0 Å². The Morgan fingerprint density at radius 3 is 2.43 bits per heavy atom. The third kappa shape index (κ3) is 3.77. The van der Waals surface area contributed by atoms with Gasteiger partial charge in [0.2, 0.25) is 11.9 Å². The molecule has 0 heterocycles. The number of carbonyl (C=O) groups excluding carboxylic acids is 1. The first kappa shape index (κ1) is 17.6. The highest BCUT2D eigenvalue weighted by molar-refractivity contribution is 5.77. The van der Waals surface area contributed by atoms with Crippen LogP contribution in [0.4, 0.5) is 13.2 Å². The largest absolute Gasteiger partial charge is 0.399 e. The summed E-state index contributed by atoms with van der Waals surface area (Å²) in [7, 11) is 0. The van der Waals surface area contributed by atoms with Crippen molar-refractivity contribution in [3.63, 3.8) is 0 Å². The van der Waals surface area contributed by atoms with Crippen LogP contribution in [0.5, 0.6) is 0 Å². The van der Waals surface area contributed by atoms with Crippen LogP contribution in [-0.4, -0.2) is 18.1 Å². The van der Waals surface area contributed by atoms with Crippen molar-refractivity contribution in [3.05, 3.63) is 11.4 Å². The fourth-order valence-electron chi connectivity index (χ4n) is 4.28. The number of alkyl halides is 3. The summed E-state index contributed by atoms with van der Waals surface area (Å²) in [6.45, 7) is 6.99. The lowest BCUT2D eigenvalue weighted by Crippen LogP contribution is -2.44. The van der Waals surface area contributed by atoms with Gasteiger partial charge in [-0.2, -0.15) is 18.4 Å². The van der Waals surface area contributed by atoms with E-state index in [9.17, 15) is 18.0 Å². The molecule has 4 nitrogen and oxygen atoms in total. The summed E-state index contributed by atoms with van der Waals surface area (Å²) in [5.74, 6) is -3.38. The highest BCUT2D eigenvalue weighted by Gasteiger charge is 2.53. The Labute approximate surface area is 133 Å². The molecule has 6 atom stereocenters. The van der Waals surface area contributed by atoms with Gasteiger partial charge in [-0.25, -0.2) is 6.57 Å². The summed E-state index contributed by atoms with van der Waals surface area (Å²) in [4.78, 5) is 14.9. The van der Waals surface area contributed by atoms with Gasteiger partial charge in [0.15, 0.2) is 0 Å². The van der Waals surface area contributed by atoms with Crippen LogP contribution in [0, 0.1) is 47.5 Å². The van der Waals surface area contributed by atoms with Gasteiger partial charge in [-0.05, 0) is 43.9 Å². The summed E-state index contributed by atoms with van der Waals surface area (Å²) in [5, 5.41) is 9.02. The smallest absolute Gasteiger partial charge is 0.369 e. The maximum Gasteiger partial charge on any atom is 0.399 e. The van der Waals surface area contributed by atoms with E-state index >= 15 is 0 Å². The number of nitrogens with zero attached hydrogens (tertiary/aromatic N) is 2. The second kappa shape index (κ2) is 6.78. The molecule has 1 amide bonds. The lowest BCUT2D eigenvalue weighted by atomic mass is 9.63. The van der Waals surface area contributed by atoms with Gasteiger partial charge >= 0.3 is 6.18 Å². The second-order valence-electron chi connectivity index (χ2n) is 6.73. The van der Waals surface area contributed by atoms with Crippen molar-refractivity contribution in [2.24, 2.45) is 35.3 Å². The molecule has 0 saturated heterocycles. The van der Waals surface area contributed by atoms with Crippen LogP contribution in [0.2, 0.25) is 0 Å². The van der Waals surface area contributed by atoms with Gasteiger partial charge in [0.05, 0.1) is 6.07 Å². The van der Waals surface area contributed by atoms with E-state index in [0.29, 0.717) is 25.7 Å². The van der Waals surface area contributed by atoms with Crippen LogP contribution < -0.4 is 5.73 Å². The van der Waals surface area contributed by atoms with Crippen molar-refractivity contribution in [3.8, 4) is 6.07 Å². The number of carbonyl (C=O) groups is 1. The van der Waals surface area contributed by atoms with E-state index in [4.69, 9.17) is 17.6 Å². The second-order valence-corrected chi connectivity index (χ2v) is 6.73. The molecule has 7 heteroatoms. The molecule has 0 bridgehead atoms. The average Bonchev–Trinajstić information content (AvgIpc) is 2.52. The Hall–Kier alpha value is -1.76. The number of nitriles is 1. The molecule has 23 heavy (non-hydrogen) atoms. The number of amides is 1. The topological polar surface area (TPSA) is 71.2 Å². The predicted molar refractivity (Wildman–Crippen MR) is 76.4 cm³/mol. The van der Waals surface area contributed by atoms with Crippen LogP contribution in [0.3, 0.4) is 0 Å². The fraction of sp³-hybridized carbons (Fsp3) is 0.812. The SMILES string of the molecule is [C-]#[N+]C1CCC(C2CCC(C#N)CC2C(N)=O)CC1C(F)(F)F. The molecule has 0 aromatic carbocycles. The first-order chi connectivity index (χ1) is 10.8. The summed E-state index contributed by atoms with van der Waals surface area (Å²) < 4.78 is 39.6. The van der Waals surface area contributed by atoms with E-state index in [0.717, 1.165) is 0 Å². The Morgan fingerprint density at radius 2 is 1.91 bits per heavy atom. The summed E-state index contributed by atoms with van der Waals surface area (Å²) in [6.07, 6.45) is -2.26. The maximum atomic E-state index is 13.2.